The van der Waals surface area contributed by atoms with E-state index in [1.54, 1.807) is 6.92 Å². The first-order valence-electron chi connectivity index (χ1n) is 9.61. The lowest BCUT2D eigenvalue weighted by Gasteiger charge is -2.22. The van der Waals surface area contributed by atoms with E-state index in [4.69, 9.17) is 4.74 Å². The normalized spacial score (nSPS) is 16.4. The molecule has 1 aliphatic rings. The molecule has 1 heterocycles. The van der Waals surface area contributed by atoms with Crippen molar-refractivity contribution in [2.75, 3.05) is 6.61 Å². The highest BCUT2D eigenvalue weighted by molar-refractivity contribution is 6.03. The van der Waals surface area contributed by atoms with Gasteiger partial charge in [0.05, 0.1) is 6.61 Å². The molecule has 0 amide bonds. The number of benzene rings is 1. The summed E-state index contributed by atoms with van der Waals surface area (Å²) in [4.78, 5) is 28.5. The molecule has 3 rings (SSSR count). The Morgan fingerprint density at radius 3 is 2.50 bits per heavy atom. The molecule has 2 aromatic rings. The van der Waals surface area contributed by atoms with Gasteiger partial charge in [0.1, 0.15) is 5.69 Å². The highest BCUT2D eigenvalue weighted by Crippen LogP contribution is 2.36. The molecule has 0 spiro atoms. The second-order valence-electron chi connectivity index (χ2n) is 6.93. The fraction of sp³-hybridized carbons (Fsp3) is 0.455. The fourth-order valence-electron chi connectivity index (χ4n) is 3.87. The van der Waals surface area contributed by atoms with Crippen LogP contribution in [0.4, 0.5) is 0 Å². The summed E-state index contributed by atoms with van der Waals surface area (Å²) in [6.45, 7) is 6.31. The molecule has 0 saturated carbocycles. The number of hydrogen-bond acceptors (Lipinski definition) is 3. The van der Waals surface area contributed by atoms with Gasteiger partial charge in [0.2, 0.25) is 0 Å². The summed E-state index contributed by atoms with van der Waals surface area (Å²) in [6, 6.07) is 8.53. The summed E-state index contributed by atoms with van der Waals surface area (Å²) in [5, 5.41) is 0. The Kier molecular flexibility index (Phi) is 5.60. The molecule has 4 nitrogen and oxygen atoms in total. The van der Waals surface area contributed by atoms with E-state index in [-0.39, 0.29) is 17.7 Å². The molecule has 4 heteroatoms. The summed E-state index contributed by atoms with van der Waals surface area (Å²) >= 11 is 0. The third-order valence-electron chi connectivity index (χ3n) is 5.18. The first kappa shape index (κ1) is 18.4. The van der Waals surface area contributed by atoms with Gasteiger partial charge in [0.15, 0.2) is 5.78 Å². The number of aromatic amines is 1. The minimum Gasteiger partial charge on any atom is -0.461 e. The molecule has 1 aliphatic carbocycles. The van der Waals surface area contributed by atoms with Crippen molar-refractivity contribution in [2.45, 2.75) is 58.8 Å². The molecule has 0 saturated heterocycles. The molecule has 0 fully saturated rings. The Morgan fingerprint density at radius 2 is 1.88 bits per heavy atom. The number of Topliss-reactive ketones (excluding diaryl/α,β-unsaturated/α-hetero) is 1. The second kappa shape index (κ2) is 7.90. The fourth-order valence-corrected chi connectivity index (χ4v) is 3.87. The van der Waals surface area contributed by atoms with E-state index in [1.807, 2.05) is 0 Å². The Hall–Kier alpha value is -2.36. The number of ether oxygens (including phenoxy) is 1. The van der Waals surface area contributed by atoms with Crippen LogP contribution in [0.2, 0.25) is 0 Å². The molecule has 26 heavy (non-hydrogen) atoms. The van der Waals surface area contributed by atoms with Gasteiger partial charge in [-0.3, -0.25) is 4.79 Å². The molecule has 0 bridgehead atoms. The van der Waals surface area contributed by atoms with Gasteiger partial charge in [-0.1, -0.05) is 44.5 Å². The van der Waals surface area contributed by atoms with Crippen LogP contribution < -0.4 is 0 Å². The maximum absolute atomic E-state index is 12.9. The molecular formula is C22H27NO3. The largest absolute Gasteiger partial charge is 0.461 e. The van der Waals surface area contributed by atoms with Crippen molar-refractivity contribution in [3.8, 4) is 0 Å². The highest BCUT2D eigenvalue weighted by atomic mass is 16.5. The van der Waals surface area contributed by atoms with Crippen LogP contribution in [0, 0.1) is 0 Å². The molecule has 138 valence electrons. The number of aryl methyl sites for hydroxylation is 1. The minimum atomic E-state index is -0.359. The van der Waals surface area contributed by atoms with Crippen LogP contribution in [-0.2, 0) is 24.0 Å². The zero-order valence-corrected chi connectivity index (χ0v) is 15.9. The van der Waals surface area contributed by atoms with Gasteiger partial charge >= 0.3 is 5.97 Å². The number of nitrogens with one attached hydrogen (secondary N) is 1. The molecule has 1 N–H and O–H groups in total. The first-order valence-corrected chi connectivity index (χ1v) is 9.61. The number of hydrogen-bond donors (Lipinski definition) is 1. The quantitative estimate of drug-likeness (QED) is 0.771. The number of rotatable bonds is 6. The van der Waals surface area contributed by atoms with Gasteiger partial charge in [0, 0.05) is 17.7 Å². The van der Waals surface area contributed by atoms with Gasteiger partial charge in [0.25, 0.3) is 0 Å². The Bertz CT molecular complexity index is 802. The zero-order chi connectivity index (χ0) is 18.7. The van der Waals surface area contributed by atoms with E-state index in [0.717, 1.165) is 36.1 Å². The van der Waals surface area contributed by atoms with Gasteiger partial charge in [-0.15, -0.1) is 0 Å². The summed E-state index contributed by atoms with van der Waals surface area (Å²) in [5.74, 6) is -0.0721. The predicted molar refractivity (Wildman–Crippen MR) is 102 cm³/mol. The Morgan fingerprint density at radius 1 is 1.15 bits per heavy atom. The third-order valence-corrected chi connectivity index (χ3v) is 5.18. The molecule has 1 aromatic heterocycles. The summed E-state index contributed by atoms with van der Waals surface area (Å²) in [5.41, 5.74) is 5.41. The number of carbonyl (C=O) groups is 2. The Labute approximate surface area is 155 Å². The maximum Gasteiger partial charge on any atom is 0.355 e. The lowest BCUT2D eigenvalue weighted by molar-refractivity contribution is 0.0518. The molecule has 0 unspecified atom stereocenters. The van der Waals surface area contributed by atoms with E-state index < -0.39 is 0 Å². The van der Waals surface area contributed by atoms with Crippen LogP contribution in [0.15, 0.2) is 24.3 Å². The van der Waals surface area contributed by atoms with Crippen LogP contribution in [0.25, 0.3) is 0 Å². The van der Waals surface area contributed by atoms with E-state index in [0.29, 0.717) is 25.1 Å². The van der Waals surface area contributed by atoms with Crippen LogP contribution in [-0.4, -0.2) is 23.3 Å². The van der Waals surface area contributed by atoms with Gasteiger partial charge in [-0.25, -0.2) is 4.79 Å². The Balaban J connectivity index is 1.95. The van der Waals surface area contributed by atoms with Crippen molar-refractivity contribution < 1.29 is 14.3 Å². The number of aromatic nitrogens is 1. The average molecular weight is 353 g/mol. The number of fused-ring (bicyclic) bond motifs is 1. The van der Waals surface area contributed by atoms with Crippen LogP contribution in [0.3, 0.4) is 0 Å². The number of ketones is 1. The number of carbonyl (C=O) groups excluding carboxylic acids is 2. The molecule has 0 radical (unpaired) electrons. The summed E-state index contributed by atoms with van der Waals surface area (Å²) < 4.78 is 5.18. The monoisotopic (exact) mass is 353 g/mol. The van der Waals surface area contributed by atoms with Crippen LogP contribution in [0.1, 0.15) is 82.8 Å². The third kappa shape index (κ3) is 3.46. The summed E-state index contributed by atoms with van der Waals surface area (Å²) in [7, 11) is 0. The van der Waals surface area contributed by atoms with Gasteiger partial charge in [-0.2, -0.15) is 0 Å². The van der Waals surface area contributed by atoms with Crippen molar-refractivity contribution in [1.82, 2.24) is 4.98 Å². The van der Waals surface area contributed by atoms with Crippen LogP contribution >= 0.6 is 0 Å². The molecule has 1 atom stereocenters. The maximum atomic E-state index is 12.9. The van der Waals surface area contributed by atoms with E-state index >= 15 is 0 Å². The van der Waals surface area contributed by atoms with E-state index in [1.165, 1.54) is 11.1 Å². The van der Waals surface area contributed by atoms with Crippen molar-refractivity contribution >= 4 is 11.8 Å². The minimum absolute atomic E-state index is 0.131. The first-order chi connectivity index (χ1) is 12.6. The topological polar surface area (TPSA) is 59.2 Å². The van der Waals surface area contributed by atoms with Crippen molar-refractivity contribution in [2.24, 2.45) is 0 Å². The summed E-state index contributed by atoms with van der Waals surface area (Å²) in [6.07, 6.45) is 3.85. The standard InChI is InChI=1S/C22H27NO3/c1-4-7-17-20-18(23-21(17)22(25)26-6-3)12-16(13-19(20)24)15-10-8-14(5-2)9-11-15/h8-11,16,23H,4-7,12-13H2,1-3H3/t16-/m1/s1. The lowest BCUT2D eigenvalue weighted by Crippen LogP contribution is -2.19. The average Bonchev–Trinajstić information content (AvgIpc) is 3.01. The van der Waals surface area contributed by atoms with Gasteiger partial charge in [-0.05, 0) is 48.8 Å². The highest BCUT2D eigenvalue weighted by Gasteiger charge is 2.33. The van der Waals surface area contributed by atoms with Crippen molar-refractivity contribution in [3.63, 3.8) is 0 Å². The van der Waals surface area contributed by atoms with E-state index in [9.17, 15) is 9.59 Å². The van der Waals surface area contributed by atoms with E-state index in [2.05, 4.69) is 43.1 Å². The van der Waals surface area contributed by atoms with Crippen molar-refractivity contribution in [3.05, 3.63) is 57.9 Å². The number of H-pyrrole nitrogens is 1. The lowest BCUT2D eigenvalue weighted by atomic mass is 9.80. The van der Waals surface area contributed by atoms with Crippen molar-refractivity contribution in [1.29, 1.82) is 0 Å². The predicted octanol–water partition coefficient (Wildman–Crippen LogP) is 4.62. The smallest absolute Gasteiger partial charge is 0.355 e. The SMILES string of the molecule is CCCc1c(C(=O)OCC)[nH]c2c1C(=O)C[C@H](c1ccc(CC)cc1)C2. The second-order valence-corrected chi connectivity index (χ2v) is 6.93. The molecule has 0 aliphatic heterocycles. The molecular weight excluding hydrogens is 326 g/mol. The molecule has 1 aromatic carbocycles. The van der Waals surface area contributed by atoms with Crippen LogP contribution in [0.5, 0.6) is 0 Å². The zero-order valence-electron chi connectivity index (χ0n) is 15.9. The number of esters is 1. The van der Waals surface area contributed by atoms with Gasteiger partial charge < -0.3 is 9.72 Å².